The fourth-order valence-corrected chi connectivity index (χ4v) is 2.66. The highest BCUT2D eigenvalue weighted by Crippen LogP contribution is 2.27. The van der Waals surface area contributed by atoms with Crippen LogP contribution in [0.15, 0.2) is 12.5 Å². The van der Waals surface area contributed by atoms with Crippen molar-refractivity contribution in [3.05, 3.63) is 18.2 Å². The molecule has 104 valence electrons. The fraction of sp³-hybridized carbons (Fsp3) is 0.812. The minimum atomic E-state index is 0.723. The molecule has 0 saturated heterocycles. The van der Waals surface area contributed by atoms with Gasteiger partial charge >= 0.3 is 0 Å². The summed E-state index contributed by atoms with van der Waals surface area (Å²) in [6.45, 7) is 4.56. The van der Waals surface area contributed by atoms with Gasteiger partial charge in [0.25, 0.3) is 0 Å². The van der Waals surface area contributed by atoms with Crippen LogP contribution in [-0.2, 0) is 7.05 Å². The lowest BCUT2D eigenvalue weighted by Crippen LogP contribution is -2.05. The van der Waals surface area contributed by atoms with Crippen LogP contribution in [-0.4, -0.2) is 9.55 Å². The molecule has 1 unspecified atom stereocenters. The largest absolute Gasteiger partial charge is 0.337 e. The molecule has 0 aliphatic heterocycles. The van der Waals surface area contributed by atoms with Crippen molar-refractivity contribution in [3.63, 3.8) is 0 Å². The monoisotopic (exact) mass is 250 g/mol. The van der Waals surface area contributed by atoms with E-state index in [1.807, 2.05) is 6.33 Å². The Bertz CT molecular complexity index is 304. The summed E-state index contributed by atoms with van der Waals surface area (Å²) < 4.78 is 2.20. The second kappa shape index (κ2) is 9.18. The van der Waals surface area contributed by atoms with Gasteiger partial charge in [-0.3, -0.25) is 0 Å². The lowest BCUT2D eigenvalue weighted by molar-refractivity contribution is 0.483. The van der Waals surface area contributed by atoms with Gasteiger partial charge in [0.05, 0.1) is 6.33 Å². The Hall–Kier alpha value is -0.790. The molecule has 2 nitrogen and oxygen atoms in total. The predicted octanol–water partition coefficient (Wildman–Crippen LogP) is 5.05. The number of rotatable bonds is 10. The van der Waals surface area contributed by atoms with E-state index in [9.17, 15) is 0 Å². The molecule has 0 amide bonds. The SMILES string of the molecule is CCCCCCC(CCCCC)c1cncn1C. The summed E-state index contributed by atoms with van der Waals surface area (Å²) in [5.74, 6) is 0.723. The van der Waals surface area contributed by atoms with Crippen molar-refractivity contribution < 1.29 is 0 Å². The molecule has 0 aliphatic rings. The van der Waals surface area contributed by atoms with E-state index in [2.05, 4.69) is 36.6 Å². The molecule has 2 heteroatoms. The molecule has 1 aromatic rings. The van der Waals surface area contributed by atoms with Crippen LogP contribution in [0.4, 0.5) is 0 Å². The Kier molecular flexibility index (Phi) is 7.79. The lowest BCUT2D eigenvalue weighted by Gasteiger charge is -2.17. The Labute approximate surface area is 113 Å². The maximum Gasteiger partial charge on any atom is 0.0945 e. The van der Waals surface area contributed by atoms with E-state index in [4.69, 9.17) is 0 Å². The zero-order chi connectivity index (χ0) is 13.2. The minimum Gasteiger partial charge on any atom is -0.337 e. The summed E-state index contributed by atoms with van der Waals surface area (Å²) in [5.41, 5.74) is 1.43. The molecule has 1 aromatic heterocycles. The van der Waals surface area contributed by atoms with E-state index in [0.717, 1.165) is 5.92 Å². The van der Waals surface area contributed by atoms with Crippen LogP contribution < -0.4 is 0 Å². The van der Waals surface area contributed by atoms with Crippen molar-refractivity contribution >= 4 is 0 Å². The predicted molar refractivity (Wildman–Crippen MR) is 78.9 cm³/mol. The summed E-state index contributed by atoms with van der Waals surface area (Å²) in [5, 5.41) is 0. The maximum atomic E-state index is 4.28. The third-order valence-corrected chi connectivity index (χ3v) is 3.83. The Morgan fingerprint density at radius 2 is 1.61 bits per heavy atom. The molecule has 0 bridgehead atoms. The summed E-state index contributed by atoms with van der Waals surface area (Å²) in [4.78, 5) is 4.28. The Morgan fingerprint density at radius 1 is 1.00 bits per heavy atom. The van der Waals surface area contributed by atoms with Crippen LogP contribution in [0, 0.1) is 0 Å². The van der Waals surface area contributed by atoms with Gasteiger partial charge in [-0.15, -0.1) is 0 Å². The first-order valence-electron chi connectivity index (χ1n) is 7.75. The van der Waals surface area contributed by atoms with Crippen LogP contribution in [0.2, 0.25) is 0 Å². The second-order valence-electron chi connectivity index (χ2n) is 5.47. The number of unbranched alkanes of at least 4 members (excludes halogenated alkanes) is 5. The zero-order valence-electron chi connectivity index (χ0n) is 12.5. The van der Waals surface area contributed by atoms with Crippen molar-refractivity contribution in [1.29, 1.82) is 0 Å². The molecular weight excluding hydrogens is 220 g/mol. The molecule has 1 rings (SSSR count). The van der Waals surface area contributed by atoms with E-state index in [-0.39, 0.29) is 0 Å². The van der Waals surface area contributed by atoms with Gasteiger partial charge < -0.3 is 4.57 Å². The van der Waals surface area contributed by atoms with Gasteiger partial charge in [-0.1, -0.05) is 58.8 Å². The molecule has 0 aromatic carbocycles. The van der Waals surface area contributed by atoms with Crippen molar-refractivity contribution in [2.24, 2.45) is 7.05 Å². The van der Waals surface area contributed by atoms with E-state index in [1.165, 1.54) is 63.5 Å². The van der Waals surface area contributed by atoms with Crippen LogP contribution in [0.25, 0.3) is 0 Å². The number of aryl methyl sites for hydroxylation is 1. The van der Waals surface area contributed by atoms with Crippen molar-refractivity contribution in [3.8, 4) is 0 Å². The van der Waals surface area contributed by atoms with Crippen LogP contribution in [0.1, 0.15) is 83.2 Å². The van der Waals surface area contributed by atoms with E-state index in [1.54, 1.807) is 0 Å². The molecule has 0 aliphatic carbocycles. The number of hydrogen-bond donors (Lipinski definition) is 0. The van der Waals surface area contributed by atoms with E-state index < -0.39 is 0 Å². The highest BCUT2D eigenvalue weighted by Gasteiger charge is 2.14. The normalized spacial score (nSPS) is 12.8. The quantitative estimate of drug-likeness (QED) is 0.531. The third kappa shape index (κ3) is 5.24. The summed E-state index contributed by atoms with van der Waals surface area (Å²) in [6.07, 6.45) is 16.2. The molecular formula is C16H30N2. The molecule has 1 atom stereocenters. The fourth-order valence-electron chi connectivity index (χ4n) is 2.66. The maximum absolute atomic E-state index is 4.28. The van der Waals surface area contributed by atoms with Gasteiger partial charge in [0.15, 0.2) is 0 Å². The molecule has 0 fully saturated rings. The number of aromatic nitrogens is 2. The average Bonchev–Trinajstić information content (AvgIpc) is 2.79. The number of nitrogens with zero attached hydrogens (tertiary/aromatic N) is 2. The minimum absolute atomic E-state index is 0.723. The first-order valence-corrected chi connectivity index (χ1v) is 7.75. The van der Waals surface area contributed by atoms with Crippen molar-refractivity contribution in [1.82, 2.24) is 9.55 Å². The van der Waals surface area contributed by atoms with Gasteiger partial charge in [-0.05, 0) is 12.8 Å². The van der Waals surface area contributed by atoms with Crippen molar-refractivity contribution in [2.75, 3.05) is 0 Å². The Balaban J connectivity index is 2.44. The van der Waals surface area contributed by atoms with Crippen molar-refractivity contribution in [2.45, 2.75) is 77.6 Å². The van der Waals surface area contributed by atoms with Gasteiger partial charge in [-0.2, -0.15) is 0 Å². The lowest BCUT2D eigenvalue weighted by atomic mass is 9.92. The third-order valence-electron chi connectivity index (χ3n) is 3.83. The zero-order valence-corrected chi connectivity index (χ0v) is 12.5. The highest BCUT2D eigenvalue weighted by atomic mass is 15.0. The molecule has 0 radical (unpaired) electrons. The highest BCUT2D eigenvalue weighted by molar-refractivity contribution is 5.05. The molecule has 0 spiro atoms. The van der Waals surface area contributed by atoms with E-state index >= 15 is 0 Å². The van der Waals surface area contributed by atoms with Gasteiger partial charge in [0, 0.05) is 24.9 Å². The second-order valence-corrected chi connectivity index (χ2v) is 5.47. The molecule has 0 N–H and O–H groups in total. The molecule has 1 heterocycles. The summed E-state index contributed by atoms with van der Waals surface area (Å²) >= 11 is 0. The van der Waals surface area contributed by atoms with Gasteiger partial charge in [0.1, 0.15) is 0 Å². The summed E-state index contributed by atoms with van der Waals surface area (Å²) in [6, 6.07) is 0. The van der Waals surface area contributed by atoms with Gasteiger partial charge in [0.2, 0.25) is 0 Å². The first kappa shape index (κ1) is 15.3. The first-order chi connectivity index (χ1) is 8.79. The van der Waals surface area contributed by atoms with Crippen LogP contribution >= 0.6 is 0 Å². The topological polar surface area (TPSA) is 17.8 Å². The number of imidazole rings is 1. The smallest absolute Gasteiger partial charge is 0.0945 e. The van der Waals surface area contributed by atoms with E-state index in [0.29, 0.717) is 0 Å². The summed E-state index contributed by atoms with van der Waals surface area (Å²) in [7, 11) is 2.13. The van der Waals surface area contributed by atoms with Crippen LogP contribution in [0.3, 0.4) is 0 Å². The number of hydrogen-bond acceptors (Lipinski definition) is 1. The Morgan fingerprint density at radius 3 is 2.17 bits per heavy atom. The standard InChI is InChI=1S/C16H30N2/c1-4-6-8-10-12-15(11-9-7-5-2)16-13-17-14-18(16)3/h13-15H,4-12H2,1-3H3. The molecule has 0 saturated carbocycles. The average molecular weight is 250 g/mol. The van der Waals surface area contributed by atoms with Gasteiger partial charge in [-0.25, -0.2) is 4.98 Å². The van der Waals surface area contributed by atoms with Crippen LogP contribution in [0.5, 0.6) is 0 Å². The molecule has 18 heavy (non-hydrogen) atoms.